The Kier molecular flexibility index (Phi) is 11.8. The van der Waals surface area contributed by atoms with Gasteiger partial charge in [0, 0.05) is 91.3 Å². The van der Waals surface area contributed by atoms with Gasteiger partial charge in [-0.25, -0.2) is 4.79 Å². The number of H-pyrrole nitrogens is 1. The van der Waals surface area contributed by atoms with Crippen LogP contribution in [0.25, 0.3) is 10.9 Å². The van der Waals surface area contributed by atoms with Gasteiger partial charge in [0.1, 0.15) is 11.7 Å². The number of nitrogens with zero attached hydrogens (tertiary/aromatic N) is 3. The molecule has 0 radical (unpaired) electrons. The minimum absolute atomic E-state index is 0.200. The van der Waals surface area contributed by atoms with E-state index in [1.807, 2.05) is 50.1 Å². The van der Waals surface area contributed by atoms with E-state index >= 15 is 0 Å². The predicted molar refractivity (Wildman–Crippen MR) is 235 cm³/mol. The maximum absolute atomic E-state index is 14.7. The van der Waals surface area contributed by atoms with Crippen LogP contribution in [-0.2, 0) is 50.8 Å². The van der Waals surface area contributed by atoms with E-state index in [2.05, 4.69) is 39.1 Å². The molecule has 2 aromatic carbocycles. The van der Waals surface area contributed by atoms with Crippen LogP contribution in [0, 0.1) is 11.3 Å². The third-order valence-corrected chi connectivity index (χ3v) is 15.6. The number of likely N-dealkylation sites (N-methyl/N-ethyl adjacent to an activating group) is 1. The molecule has 17 nitrogen and oxygen atoms in total. The monoisotopic (exact) mass is 908 g/mol. The van der Waals surface area contributed by atoms with E-state index in [0.29, 0.717) is 70.6 Å². The second-order valence-electron chi connectivity index (χ2n) is 18.6. The SMILES string of the molecule is CC[C@]1(O)C[C@H]2CN(CCc3c([nH]c4ccccc34)C(C(=O)OC)[C@H]2c2cc3c(cc2OC)N(C)[C@H]2[C@@](O)(C(=O)OC)[C@H](OC(C)=O)[C@]4(CC)C=CCN5CC[C@]32[C@@H]54)C1.O=S(=O)(O)O. The van der Waals surface area contributed by atoms with Gasteiger partial charge >= 0.3 is 28.3 Å². The zero-order chi connectivity index (χ0) is 46.3. The number of carbonyl (C=O) groups excluding carboxylic acids is 3. The third kappa shape index (κ3) is 6.93. The van der Waals surface area contributed by atoms with Crippen molar-refractivity contribution in [2.24, 2.45) is 11.3 Å². The summed E-state index contributed by atoms with van der Waals surface area (Å²) < 4.78 is 55.3. The Hall–Kier alpha value is -4.56. The van der Waals surface area contributed by atoms with Crippen molar-refractivity contribution in [3.05, 3.63) is 70.9 Å². The van der Waals surface area contributed by atoms with Crippen LogP contribution in [0.15, 0.2) is 48.6 Å². The van der Waals surface area contributed by atoms with E-state index in [-0.39, 0.29) is 17.9 Å². The molecule has 3 fully saturated rings. The van der Waals surface area contributed by atoms with Gasteiger partial charge in [-0.2, -0.15) is 8.42 Å². The Morgan fingerprint density at radius 2 is 1.70 bits per heavy atom. The van der Waals surface area contributed by atoms with Gasteiger partial charge in [0.05, 0.1) is 33.0 Å². The van der Waals surface area contributed by atoms with Crippen LogP contribution in [0.4, 0.5) is 5.69 Å². The molecule has 0 amide bonds. The van der Waals surface area contributed by atoms with Gasteiger partial charge < -0.3 is 39.0 Å². The van der Waals surface area contributed by atoms with Crippen molar-refractivity contribution in [1.82, 2.24) is 14.8 Å². The molecule has 1 spiro atoms. The average Bonchev–Trinajstić information content (AvgIpc) is 3.91. The molecule has 18 heteroatoms. The third-order valence-electron chi connectivity index (χ3n) is 15.6. The van der Waals surface area contributed by atoms with Crippen molar-refractivity contribution in [2.45, 2.75) is 99.5 Å². The predicted octanol–water partition coefficient (Wildman–Crippen LogP) is 3.53. The highest BCUT2D eigenvalue weighted by Crippen LogP contribution is 2.68. The Balaban J connectivity index is 0.00000106. The first kappa shape index (κ1) is 46.0. The highest BCUT2D eigenvalue weighted by atomic mass is 32.3. The number of carbonyl (C=O) groups is 3. The second kappa shape index (κ2) is 16.4. The molecule has 6 aliphatic rings. The molecule has 1 aromatic heterocycles. The summed E-state index contributed by atoms with van der Waals surface area (Å²) in [5.41, 5.74) is 0.247. The molecule has 11 atom stereocenters. The maximum Gasteiger partial charge on any atom is 0.394 e. The summed E-state index contributed by atoms with van der Waals surface area (Å²) in [4.78, 5) is 52.5. The van der Waals surface area contributed by atoms with Gasteiger partial charge in [0.15, 0.2) is 6.10 Å². The number of esters is 3. The molecular formula is C46H60N4O13S. The minimum atomic E-state index is -4.67. The van der Waals surface area contributed by atoms with Crippen LogP contribution in [0.3, 0.4) is 0 Å². The lowest BCUT2D eigenvalue weighted by molar-refractivity contribution is -0.228. The van der Waals surface area contributed by atoms with Gasteiger partial charge in [0.25, 0.3) is 0 Å². The van der Waals surface area contributed by atoms with Crippen molar-refractivity contribution < 1.29 is 61.1 Å². The Morgan fingerprint density at radius 1 is 0.984 bits per heavy atom. The first-order chi connectivity index (χ1) is 30.3. The molecule has 1 saturated carbocycles. The smallest absolute Gasteiger partial charge is 0.394 e. The molecule has 1 aliphatic carbocycles. The van der Waals surface area contributed by atoms with Crippen molar-refractivity contribution in [3.8, 4) is 5.75 Å². The number of aromatic nitrogens is 1. The average molecular weight is 909 g/mol. The number of aliphatic hydroxyl groups is 2. The van der Waals surface area contributed by atoms with Crippen molar-refractivity contribution >= 4 is 44.9 Å². The first-order valence-electron chi connectivity index (χ1n) is 21.9. The number of nitrogens with one attached hydrogen (secondary N) is 1. The van der Waals surface area contributed by atoms with Crippen LogP contribution in [-0.4, -0.2) is 151 Å². The lowest BCUT2D eigenvalue weighted by Crippen LogP contribution is -2.81. The lowest BCUT2D eigenvalue weighted by atomic mass is 9.47. The number of ether oxygens (including phenoxy) is 4. The standard InChI is InChI=1S/C46H58N4O9.H2O4S/c1-8-43(54)23-27-24-49(25-43)19-15-29-28-13-10-11-14-32(28)47-37(29)36(38(52)57-6)35(27)30-21-31-33(22-34(30)56-5)48(4)40-45(31)17-20-50-18-12-16-44(9-2,39(45)50)41(59-26(3)51)46(40,55)42(53)58-7;1-5(2,3)4/h10-14,16,21-22,27,35-36,39-41,47,54-55H,8-9,15,17-20,23-25H2,1-7H3;(H2,1,2,3,4)/t27-,35+,36?,39-,40+,41+,43-,44+,45+,46-;/m0./s1. The minimum Gasteiger partial charge on any atom is -0.496 e. The molecule has 6 heterocycles. The highest BCUT2D eigenvalue weighted by molar-refractivity contribution is 7.79. The molecule has 9 rings (SSSR count). The van der Waals surface area contributed by atoms with Crippen LogP contribution >= 0.6 is 0 Å². The summed E-state index contributed by atoms with van der Waals surface area (Å²) in [5.74, 6) is -2.80. The van der Waals surface area contributed by atoms with E-state index in [9.17, 15) is 24.6 Å². The molecular weight excluding hydrogens is 849 g/mol. The molecule has 5 aliphatic heterocycles. The number of hydrogen-bond donors (Lipinski definition) is 5. The largest absolute Gasteiger partial charge is 0.496 e. The Labute approximate surface area is 373 Å². The summed E-state index contributed by atoms with van der Waals surface area (Å²) in [7, 11) is 1.54. The molecule has 2 saturated heterocycles. The van der Waals surface area contributed by atoms with Gasteiger partial charge in [-0.05, 0) is 73.4 Å². The molecule has 348 valence electrons. The van der Waals surface area contributed by atoms with Gasteiger partial charge in [-0.15, -0.1) is 0 Å². The van der Waals surface area contributed by atoms with Crippen molar-refractivity contribution in [2.75, 3.05) is 66.0 Å². The number of hydrogen-bond acceptors (Lipinski definition) is 14. The number of aromatic amines is 1. The van der Waals surface area contributed by atoms with Gasteiger partial charge in [0.2, 0.25) is 5.60 Å². The molecule has 3 aromatic rings. The van der Waals surface area contributed by atoms with Crippen LogP contribution in [0.5, 0.6) is 5.75 Å². The number of benzene rings is 2. The first-order valence-corrected chi connectivity index (χ1v) is 23.3. The van der Waals surface area contributed by atoms with Crippen molar-refractivity contribution in [1.29, 1.82) is 0 Å². The fourth-order valence-electron chi connectivity index (χ4n) is 13.4. The zero-order valence-corrected chi connectivity index (χ0v) is 38.2. The quantitative estimate of drug-likeness (QED) is 0.0989. The molecule has 5 N–H and O–H groups in total. The fourth-order valence-corrected chi connectivity index (χ4v) is 13.4. The number of fused-ring (bicyclic) bond motifs is 6. The zero-order valence-electron chi connectivity index (χ0n) is 37.4. The summed E-state index contributed by atoms with van der Waals surface area (Å²) >= 11 is 0. The highest BCUT2D eigenvalue weighted by Gasteiger charge is 2.80. The molecule has 64 heavy (non-hydrogen) atoms. The van der Waals surface area contributed by atoms with Crippen LogP contribution in [0.2, 0.25) is 0 Å². The van der Waals surface area contributed by atoms with Crippen molar-refractivity contribution in [3.63, 3.8) is 0 Å². The normalized spacial score (nSPS) is 35.0. The van der Waals surface area contributed by atoms with E-state index in [1.54, 1.807) is 7.11 Å². The Morgan fingerprint density at radius 3 is 2.34 bits per heavy atom. The number of methoxy groups -OCH3 is 3. The number of piperidine rings is 1. The number of para-hydroxylation sites is 1. The summed E-state index contributed by atoms with van der Waals surface area (Å²) in [5, 5.41) is 26.6. The Bertz CT molecular complexity index is 2490. The maximum atomic E-state index is 14.7. The van der Waals surface area contributed by atoms with E-state index in [0.717, 1.165) is 39.0 Å². The van der Waals surface area contributed by atoms with Gasteiger partial charge in [-0.1, -0.05) is 44.2 Å². The van der Waals surface area contributed by atoms with E-state index in [4.69, 9.17) is 36.5 Å². The van der Waals surface area contributed by atoms with E-state index in [1.165, 1.54) is 21.1 Å². The van der Waals surface area contributed by atoms with Crippen LogP contribution in [0.1, 0.15) is 80.7 Å². The molecule has 2 unspecified atom stereocenters. The number of rotatable bonds is 7. The summed E-state index contributed by atoms with van der Waals surface area (Å²) in [6, 6.07) is 11.2. The van der Waals surface area contributed by atoms with E-state index < -0.39 is 68.4 Å². The topological polar surface area (TPSA) is 229 Å². The lowest BCUT2D eigenvalue weighted by Gasteiger charge is -2.63. The summed E-state index contributed by atoms with van der Waals surface area (Å²) in [6.45, 7) is 8.60. The summed E-state index contributed by atoms with van der Waals surface area (Å²) in [6.07, 6.45) is 5.66. The van der Waals surface area contributed by atoms with Crippen LogP contribution < -0.4 is 9.64 Å². The second-order valence-corrected chi connectivity index (χ2v) is 19.4. The fraction of sp³-hybridized carbons (Fsp3) is 0.587. The molecule has 2 bridgehead atoms. The number of anilines is 1. The van der Waals surface area contributed by atoms with Gasteiger partial charge in [-0.3, -0.25) is 28.5 Å².